The Kier molecular flexibility index (Phi) is 8.89. The first-order valence-corrected chi connectivity index (χ1v) is 13.3. The Morgan fingerprint density at radius 1 is 1.14 bits per heavy atom. The van der Waals surface area contributed by atoms with E-state index >= 15 is 0 Å². The maximum Gasteiger partial charge on any atom is 0.270 e. The Labute approximate surface area is 226 Å². The van der Waals surface area contributed by atoms with Crippen molar-refractivity contribution in [2.24, 2.45) is 5.92 Å². The number of benzene rings is 1. The smallest absolute Gasteiger partial charge is 0.270 e. The van der Waals surface area contributed by atoms with Crippen LogP contribution in [0.4, 0.5) is 5.69 Å². The number of alkyl halides is 2. The topological polar surface area (TPSA) is 108 Å². The number of hydrogen-bond donors (Lipinski definition) is 3. The van der Waals surface area contributed by atoms with Gasteiger partial charge in [0, 0.05) is 48.7 Å². The number of carbonyl (C=O) groups is 2. The number of amides is 2. The van der Waals surface area contributed by atoms with Crippen LogP contribution in [0, 0.1) is 19.8 Å². The van der Waals surface area contributed by atoms with Crippen LogP contribution in [0.3, 0.4) is 0 Å². The molecule has 3 N–H and O–H groups in total. The quantitative estimate of drug-likeness (QED) is 0.313. The number of halogens is 2. The zero-order valence-electron chi connectivity index (χ0n) is 21.3. The molecule has 0 aliphatic carbocycles. The summed E-state index contributed by atoms with van der Waals surface area (Å²) in [6.07, 6.45) is 3.12. The largest absolute Gasteiger partial charge is 0.339 e. The number of anilines is 1. The number of rotatable bonds is 11. The number of likely N-dealkylation sites (tertiary alicyclic amines) is 1. The third-order valence-electron chi connectivity index (χ3n) is 6.63. The second-order valence-corrected chi connectivity index (χ2v) is 11.0. The van der Waals surface area contributed by atoms with Gasteiger partial charge in [-0.25, -0.2) is 0 Å². The molecule has 0 saturated carbocycles. The van der Waals surface area contributed by atoms with Gasteiger partial charge in [-0.1, -0.05) is 12.1 Å². The molecule has 4 rings (SSSR count). The minimum absolute atomic E-state index is 0.302. The molecule has 1 saturated heterocycles. The summed E-state index contributed by atoms with van der Waals surface area (Å²) in [5, 5.41) is 17.4. The van der Waals surface area contributed by atoms with Gasteiger partial charge in [-0.2, -0.15) is 10.2 Å². The first-order chi connectivity index (χ1) is 17.7. The average molecular weight is 547 g/mol. The van der Waals surface area contributed by atoms with Crippen LogP contribution in [-0.4, -0.2) is 67.7 Å². The Morgan fingerprint density at radius 2 is 1.86 bits per heavy atom. The molecule has 11 heteroatoms. The van der Waals surface area contributed by atoms with Gasteiger partial charge in [-0.3, -0.25) is 19.4 Å². The summed E-state index contributed by atoms with van der Waals surface area (Å²) in [5.41, 5.74) is 5.03. The van der Waals surface area contributed by atoms with E-state index in [1.54, 1.807) is 16.9 Å². The lowest BCUT2D eigenvalue weighted by Crippen LogP contribution is -2.47. The molecule has 2 aromatic heterocycles. The van der Waals surface area contributed by atoms with Crippen molar-refractivity contribution in [1.82, 2.24) is 30.2 Å². The normalized spacial score (nSPS) is 15.0. The highest BCUT2D eigenvalue weighted by Gasteiger charge is 2.27. The molecule has 1 aliphatic rings. The SMILES string of the molecule is Cc1n[nH]c(C)c1-c1ccc(NC(=O)[C@H](CCCC(Cl)Cl)NC(=O)c2ccnn2CC2CN(C)C2)cc1. The lowest BCUT2D eigenvalue weighted by Gasteiger charge is -2.36. The highest BCUT2D eigenvalue weighted by Crippen LogP contribution is 2.26. The van der Waals surface area contributed by atoms with Gasteiger partial charge in [0.1, 0.15) is 16.6 Å². The van der Waals surface area contributed by atoms with E-state index in [1.165, 1.54) is 0 Å². The van der Waals surface area contributed by atoms with Crippen LogP contribution in [0.5, 0.6) is 0 Å². The standard InChI is InChI=1S/C26H33Cl2N7O2/c1-16-24(17(2)33-32-16)19-7-9-20(10-8-19)30-25(36)21(5-4-6-23(27)28)31-26(37)22-11-12-29-35(22)15-18-13-34(3)14-18/h7-12,18,21,23H,4-6,13-15H2,1-3H3,(H,30,36)(H,31,37)(H,32,33)/t21-/m0/s1. The Balaban J connectivity index is 1.43. The highest BCUT2D eigenvalue weighted by molar-refractivity contribution is 6.44. The van der Waals surface area contributed by atoms with Crippen LogP contribution >= 0.6 is 23.2 Å². The molecule has 3 heterocycles. The van der Waals surface area contributed by atoms with Gasteiger partial charge in [-0.05, 0) is 63.9 Å². The molecular weight excluding hydrogens is 513 g/mol. The van der Waals surface area contributed by atoms with Crippen LogP contribution in [0.25, 0.3) is 11.1 Å². The molecule has 1 atom stereocenters. The van der Waals surface area contributed by atoms with Crippen molar-refractivity contribution < 1.29 is 9.59 Å². The number of nitrogens with zero attached hydrogens (tertiary/aromatic N) is 4. The first-order valence-electron chi connectivity index (χ1n) is 12.4. The summed E-state index contributed by atoms with van der Waals surface area (Å²) in [6.45, 7) is 6.54. The summed E-state index contributed by atoms with van der Waals surface area (Å²) in [7, 11) is 2.07. The number of aryl methyl sites for hydroxylation is 2. The molecule has 1 aromatic carbocycles. The maximum atomic E-state index is 13.2. The average Bonchev–Trinajstić information content (AvgIpc) is 3.43. The predicted octanol–water partition coefficient (Wildman–Crippen LogP) is 4.16. The van der Waals surface area contributed by atoms with Gasteiger partial charge in [0.05, 0.1) is 5.69 Å². The molecule has 37 heavy (non-hydrogen) atoms. The molecule has 198 valence electrons. The highest BCUT2D eigenvalue weighted by atomic mass is 35.5. The van der Waals surface area contributed by atoms with Gasteiger partial charge in [-0.15, -0.1) is 23.2 Å². The summed E-state index contributed by atoms with van der Waals surface area (Å²) < 4.78 is 1.72. The van der Waals surface area contributed by atoms with Gasteiger partial charge >= 0.3 is 0 Å². The Bertz CT molecular complexity index is 1200. The molecule has 9 nitrogen and oxygen atoms in total. The molecule has 3 aromatic rings. The van der Waals surface area contributed by atoms with Crippen molar-refractivity contribution in [2.45, 2.75) is 50.5 Å². The fourth-order valence-corrected chi connectivity index (χ4v) is 5.07. The number of H-pyrrole nitrogens is 1. The van der Waals surface area contributed by atoms with Crippen molar-refractivity contribution in [3.63, 3.8) is 0 Å². The zero-order chi connectivity index (χ0) is 26.5. The predicted molar refractivity (Wildman–Crippen MR) is 146 cm³/mol. The van der Waals surface area contributed by atoms with Crippen LogP contribution in [0.15, 0.2) is 36.5 Å². The van der Waals surface area contributed by atoms with E-state index in [2.05, 4.69) is 37.9 Å². The van der Waals surface area contributed by atoms with Crippen LogP contribution < -0.4 is 10.6 Å². The summed E-state index contributed by atoms with van der Waals surface area (Å²) in [4.78, 5) is 28.1. The number of nitrogens with one attached hydrogen (secondary N) is 3. The van der Waals surface area contributed by atoms with Gasteiger partial charge in [0.2, 0.25) is 5.91 Å². The van der Waals surface area contributed by atoms with Crippen molar-refractivity contribution >= 4 is 40.7 Å². The summed E-state index contributed by atoms with van der Waals surface area (Å²) in [6, 6.07) is 8.49. The first kappa shape index (κ1) is 27.2. The maximum absolute atomic E-state index is 13.2. The van der Waals surface area contributed by atoms with Crippen LogP contribution in [0.2, 0.25) is 0 Å². The number of carbonyl (C=O) groups excluding carboxylic acids is 2. The van der Waals surface area contributed by atoms with E-state index < -0.39 is 10.9 Å². The lowest BCUT2D eigenvalue weighted by molar-refractivity contribution is -0.118. The van der Waals surface area contributed by atoms with E-state index in [9.17, 15) is 9.59 Å². The summed E-state index contributed by atoms with van der Waals surface area (Å²) >= 11 is 11.8. The van der Waals surface area contributed by atoms with Crippen molar-refractivity contribution in [2.75, 3.05) is 25.5 Å². The monoisotopic (exact) mass is 545 g/mol. The third kappa shape index (κ3) is 6.91. The molecular formula is C26H33Cl2N7O2. The van der Waals surface area contributed by atoms with Gasteiger partial charge in [0.25, 0.3) is 5.91 Å². The summed E-state index contributed by atoms with van der Waals surface area (Å²) in [5.74, 6) is -0.179. The Hall–Kier alpha value is -2.88. The minimum atomic E-state index is -0.754. The number of hydrogen-bond acceptors (Lipinski definition) is 5. The molecule has 0 unspecified atom stereocenters. The molecule has 1 aliphatic heterocycles. The van der Waals surface area contributed by atoms with E-state index in [4.69, 9.17) is 23.2 Å². The van der Waals surface area contributed by atoms with Crippen molar-refractivity contribution in [1.29, 1.82) is 0 Å². The minimum Gasteiger partial charge on any atom is -0.339 e. The van der Waals surface area contributed by atoms with Crippen LogP contribution in [-0.2, 0) is 11.3 Å². The fraction of sp³-hybridized carbons (Fsp3) is 0.462. The van der Waals surface area contributed by atoms with Crippen molar-refractivity contribution in [3.05, 3.63) is 53.6 Å². The zero-order valence-corrected chi connectivity index (χ0v) is 22.8. The lowest BCUT2D eigenvalue weighted by atomic mass is 10.0. The van der Waals surface area contributed by atoms with Gasteiger partial charge in [0.15, 0.2) is 0 Å². The van der Waals surface area contributed by atoms with E-state index in [0.29, 0.717) is 43.1 Å². The van der Waals surface area contributed by atoms with Gasteiger partial charge < -0.3 is 15.5 Å². The second-order valence-electron chi connectivity index (χ2n) is 9.71. The van der Waals surface area contributed by atoms with E-state index in [1.807, 2.05) is 38.1 Å². The molecule has 0 radical (unpaired) electrons. The van der Waals surface area contributed by atoms with Crippen LogP contribution in [0.1, 0.15) is 41.1 Å². The molecule has 1 fully saturated rings. The third-order valence-corrected chi connectivity index (χ3v) is 7.06. The molecule has 0 bridgehead atoms. The number of aromatic amines is 1. The number of aromatic nitrogens is 4. The van der Waals surface area contributed by atoms with E-state index in [0.717, 1.165) is 35.6 Å². The van der Waals surface area contributed by atoms with E-state index in [-0.39, 0.29) is 11.8 Å². The molecule has 2 amide bonds. The van der Waals surface area contributed by atoms with Crippen molar-refractivity contribution in [3.8, 4) is 11.1 Å². The Morgan fingerprint density at radius 3 is 2.49 bits per heavy atom. The molecule has 0 spiro atoms. The fourth-order valence-electron chi connectivity index (χ4n) is 4.76. The second kappa shape index (κ2) is 12.1.